The van der Waals surface area contributed by atoms with Gasteiger partial charge in [0.2, 0.25) is 0 Å². The number of halogens is 1. The third kappa shape index (κ3) is 6.18. The summed E-state index contributed by atoms with van der Waals surface area (Å²) < 4.78 is 13.9. The first-order chi connectivity index (χ1) is 14.3. The largest absolute Gasteiger partial charge is 0.375 e. The van der Waals surface area contributed by atoms with Crippen molar-refractivity contribution in [1.82, 2.24) is 19.8 Å². The van der Waals surface area contributed by atoms with E-state index in [9.17, 15) is 0 Å². The number of aromatic nitrogens is 2. The number of nitrogens with zero attached hydrogens (tertiary/aromatic N) is 4. The summed E-state index contributed by atoms with van der Waals surface area (Å²) in [6, 6.07) is 8.65. The molecule has 1 N–H and O–H groups in total. The second-order valence-corrected chi connectivity index (χ2v) is 7.63. The van der Waals surface area contributed by atoms with E-state index in [2.05, 4.69) is 51.0 Å². The predicted molar refractivity (Wildman–Crippen MR) is 128 cm³/mol. The lowest BCUT2D eigenvalue weighted by molar-refractivity contribution is -0.0817. The number of imidazole rings is 1. The van der Waals surface area contributed by atoms with E-state index in [4.69, 9.17) is 14.5 Å². The molecule has 8 heteroatoms. The van der Waals surface area contributed by atoms with E-state index in [0.717, 1.165) is 58.2 Å². The van der Waals surface area contributed by atoms with Crippen LogP contribution >= 0.6 is 24.0 Å². The molecule has 0 bridgehead atoms. The molecule has 0 amide bonds. The first kappa shape index (κ1) is 23.0. The molecule has 30 heavy (non-hydrogen) atoms. The lowest BCUT2D eigenvalue weighted by Crippen LogP contribution is -2.53. The van der Waals surface area contributed by atoms with E-state index in [1.807, 2.05) is 12.5 Å². The average molecular weight is 525 g/mol. The van der Waals surface area contributed by atoms with Crippen molar-refractivity contribution in [2.45, 2.75) is 45.1 Å². The quantitative estimate of drug-likeness (QED) is 0.357. The van der Waals surface area contributed by atoms with Gasteiger partial charge in [0.1, 0.15) is 6.10 Å². The molecule has 3 heterocycles. The minimum atomic E-state index is 0. The number of hydrogen-bond donors (Lipinski definition) is 1. The van der Waals surface area contributed by atoms with Gasteiger partial charge in [0.15, 0.2) is 5.96 Å². The van der Waals surface area contributed by atoms with E-state index in [1.54, 1.807) is 6.20 Å². The molecule has 4 rings (SSSR count). The first-order valence-electron chi connectivity index (χ1n) is 10.6. The number of guanidine groups is 1. The minimum absolute atomic E-state index is 0. The molecule has 2 aliphatic rings. The van der Waals surface area contributed by atoms with Crippen molar-refractivity contribution in [3.63, 3.8) is 0 Å². The highest BCUT2D eigenvalue weighted by molar-refractivity contribution is 14.0. The minimum Gasteiger partial charge on any atom is -0.375 e. The van der Waals surface area contributed by atoms with Gasteiger partial charge >= 0.3 is 0 Å². The van der Waals surface area contributed by atoms with Crippen LogP contribution < -0.4 is 5.32 Å². The molecule has 1 aromatic heterocycles. The van der Waals surface area contributed by atoms with Crippen molar-refractivity contribution in [2.75, 3.05) is 32.8 Å². The fourth-order valence-corrected chi connectivity index (χ4v) is 3.92. The van der Waals surface area contributed by atoms with E-state index >= 15 is 0 Å². The van der Waals surface area contributed by atoms with Crippen molar-refractivity contribution in [1.29, 1.82) is 0 Å². The summed E-state index contributed by atoms with van der Waals surface area (Å²) in [4.78, 5) is 11.3. The van der Waals surface area contributed by atoms with Gasteiger partial charge in [0.05, 0.1) is 25.6 Å². The standard InChI is InChI=1S/C22H31N5O2.HI/c1-2-24-22(27-11-13-29-21(16-27)20-4-3-12-28-20)25-14-18-5-7-19(8-6-18)15-26-10-9-23-17-26;/h5-10,17,20-21H,2-4,11-16H2,1H3,(H,24,25);1H. The number of benzene rings is 1. The summed E-state index contributed by atoms with van der Waals surface area (Å²) in [6.45, 7) is 7.73. The van der Waals surface area contributed by atoms with E-state index in [1.165, 1.54) is 11.1 Å². The Bertz CT molecular complexity index is 775. The zero-order valence-electron chi connectivity index (χ0n) is 17.6. The number of hydrogen-bond acceptors (Lipinski definition) is 4. The average Bonchev–Trinajstić information content (AvgIpc) is 3.47. The summed E-state index contributed by atoms with van der Waals surface area (Å²) >= 11 is 0. The Morgan fingerprint density at radius 1 is 1.17 bits per heavy atom. The first-order valence-corrected chi connectivity index (χ1v) is 10.6. The van der Waals surface area contributed by atoms with Gasteiger partial charge in [-0.3, -0.25) is 0 Å². The summed E-state index contributed by atoms with van der Waals surface area (Å²) in [5.41, 5.74) is 2.47. The van der Waals surface area contributed by atoms with Gasteiger partial charge in [0.25, 0.3) is 0 Å². The molecular weight excluding hydrogens is 493 g/mol. The van der Waals surface area contributed by atoms with Gasteiger partial charge in [-0.2, -0.15) is 0 Å². The van der Waals surface area contributed by atoms with Crippen molar-refractivity contribution in [3.05, 3.63) is 54.1 Å². The number of morpholine rings is 1. The third-order valence-corrected chi connectivity index (χ3v) is 5.47. The Balaban J connectivity index is 0.00000256. The van der Waals surface area contributed by atoms with Crippen LogP contribution in [0.2, 0.25) is 0 Å². The van der Waals surface area contributed by atoms with E-state index in [-0.39, 0.29) is 36.2 Å². The van der Waals surface area contributed by atoms with Crippen LogP contribution in [-0.2, 0) is 22.6 Å². The van der Waals surface area contributed by atoms with Crippen molar-refractivity contribution in [3.8, 4) is 0 Å². The smallest absolute Gasteiger partial charge is 0.194 e. The summed E-state index contributed by atoms with van der Waals surface area (Å²) in [5.74, 6) is 0.960. The number of rotatable bonds is 6. The van der Waals surface area contributed by atoms with Gasteiger partial charge in [-0.25, -0.2) is 9.98 Å². The van der Waals surface area contributed by atoms with Gasteiger partial charge in [0, 0.05) is 45.2 Å². The summed E-state index contributed by atoms with van der Waals surface area (Å²) in [5, 5.41) is 3.44. The zero-order chi connectivity index (χ0) is 19.9. The maximum absolute atomic E-state index is 5.98. The molecular formula is C22H32IN5O2. The molecule has 1 aromatic carbocycles. The van der Waals surface area contributed by atoms with Crippen LogP contribution in [0, 0.1) is 0 Å². The molecule has 2 aliphatic heterocycles. The van der Waals surface area contributed by atoms with Crippen molar-refractivity contribution in [2.24, 2.45) is 4.99 Å². The van der Waals surface area contributed by atoms with Crippen molar-refractivity contribution < 1.29 is 9.47 Å². The maximum Gasteiger partial charge on any atom is 0.194 e. The molecule has 2 saturated heterocycles. The molecule has 0 radical (unpaired) electrons. The SMILES string of the molecule is CCNC(=NCc1ccc(Cn2ccnc2)cc1)N1CCOC(C2CCCO2)C1.I. The van der Waals surface area contributed by atoms with E-state index < -0.39 is 0 Å². The molecule has 2 aromatic rings. The zero-order valence-corrected chi connectivity index (χ0v) is 19.9. The highest BCUT2D eigenvalue weighted by Crippen LogP contribution is 2.21. The number of aliphatic imine (C=N–C) groups is 1. The predicted octanol–water partition coefficient (Wildman–Crippen LogP) is 2.89. The van der Waals surface area contributed by atoms with Gasteiger partial charge in [-0.1, -0.05) is 24.3 Å². The van der Waals surface area contributed by atoms with Crippen molar-refractivity contribution >= 4 is 29.9 Å². The Labute approximate surface area is 195 Å². The second kappa shape index (κ2) is 11.7. The van der Waals surface area contributed by atoms with Crippen LogP contribution in [0.1, 0.15) is 30.9 Å². The van der Waals surface area contributed by atoms with Crippen LogP contribution in [0.5, 0.6) is 0 Å². The molecule has 0 spiro atoms. The number of ether oxygens (including phenoxy) is 2. The fraction of sp³-hybridized carbons (Fsp3) is 0.545. The number of nitrogens with one attached hydrogen (secondary N) is 1. The molecule has 164 valence electrons. The highest BCUT2D eigenvalue weighted by atomic mass is 127. The van der Waals surface area contributed by atoms with Crippen LogP contribution in [0.4, 0.5) is 0 Å². The van der Waals surface area contributed by atoms with Gasteiger partial charge in [-0.15, -0.1) is 24.0 Å². The molecule has 2 atom stereocenters. The fourth-order valence-electron chi connectivity index (χ4n) is 3.92. The lowest BCUT2D eigenvalue weighted by Gasteiger charge is -2.37. The topological polar surface area (TPSA) is 63.9 Å². The van der Waals surface area contributed by atoms with Crippen LogP contribution in [-0.4, -0.2) is 65.5 Å². The Hall–Kier alpha value is -1.65. The van der Waals surface area contributed by atoms with E-state index in [0.29, 0.717) is 6.54 Å². The Kier molecular flexibility index (Phi) is 8.95. The van der Waals surface area contributed by atoms with Crippen LogP contribution in [0.15, 0.2) is 48.0 Å². The summed E-state index contributed by atoms with van der Waals surface area (Å²) in [7, 11) is 0. The molecule has 2 unspecified atom stereocenters. The molecule has 7 nitrogen and oxygen atoms in total. The molecule has 0 aliphatic carbocycles. The Morgan fingerprint density at radius 2 is 1.97 bits per heavy atom. The second-order valence-electron chi connectivity index (χ2n) is 7.63. The van der Waals surface area contributed by atoms with Gasteiger partial charge < -0.3 is 24.3 Å². The van der Waals surface area contributed by atoms with Gasteiger partial charge in [-0.05, 0) is 30.9 Å². The molecule has 0 saturated carbocycles. The lowest BCUT2D eigenvalue weighted by atomic mass is 10.1. The van der Waals surface area contributed by atoms with Crippen LogP contribution in [0.3, 0.4) is 0 Å². The van der Waals surface area contributed by atoms with Crippen LogP contribution in [0.25, 0.3) is 0 Å². The maximum atomic E-state index is 5.98. The Morgan fingerprint density at radius 3 is 2.67 bits per heavy atom. The monoisotopic (exact) mass is 525 g/mol. The molecule has 2 fully saturated rings. The normalized spacial score (nSPS) is 22.0. The summed E-state index contributed by atoms with van der Waals surface area (Å²) in [6.07, 6.45) is 8.22. The third-order valence-electron chi connectivity index (χ3n) is 5.47. The highest BCUT2D eigenvalue weighted by Gasteiger charge is 2.32.